The topological polar surface area (TPSA) is 42.1 Å². The first-order chi connectivity index (χ1) is 9.10. The van der Waals surface area contributed by atoms with E-state index in [2.05, 4.69) is 41.4 Å². The van der Waals surface area contributed by atoms with Crippen LogP contribution in [-0.4, -0.2) is 16.9 Å². The zero-order valence-electron chi connectivity index (χ0n) is 11.1. The molecule has 1 heterocycles. The summed E-state index contributed by atoms with van der Waals surface area (Å²) >= 11 is 7.53. The summed E-state index contributed by atoms with van der Waals surface area (Å²) < 4.78 is 0. The van der Waals surface area contributed by atoms with E-state index in [1.54, 1.807) is 11.3 Å². The molecule has 0 saturated heterocycles. The van der Waals surface area contributed by atoms with Gasteiger partial charge in [-0.2, -0.15) is 0 Å². The zero-order valence-corrected chi connectivity index (χ0v) is 12.7. The molecule has 0 fully saturated rings. The first-order valence-corrected chi connectivity index (χ1v) is 7.45. The molecule has 0 aliphatic heterocycles. The van der Waals surface area contributed by atoms with Gasteiger partial charge in [-0.1, -0.05) is 23.7 Å². The lowest BCUT2D eigenvalue weighted by Gasteiger charge is -2.24. The maximum Gasteiger partial charge on any atom is 0.106 e. The van der Waals surface area contributed by atoms with Crippen LogP contribution in [0.15, 0.2) is 29.6 Å². The number of rotatable bonds is 5. The van der Waals surface area contributed by atoms with E-state index in [-0.39, 0.29) is 0 Å². The quantitative estimate of drug-likeness (QED) is 0.919. The lowest BCUT2D eigenvalue weighted by Crippen LogP contribution is -2.22. The number of nitrogens with two attached hydrogens (primary N) is 1. The summed E-state index contributed by atoms with van der Waals surface area (Å²) in [5.41, 5.74) is 7.91. The highest BCUT2D eigenvalue weighted by atomic mass is 35.5. The normalized spacial score (nSPS) is 12.9. The summed E-state index contributed by atoms with van der Waals surface area (Å²) in [7, 11) is 2.10. The Balaban J connectivity index is 2.02. The number of aromatic nitrogens is 1. The largest absolute Gasteiger partial charge is 0.325 e. The molecule has 19 heavy (non-hydrogen) atoms. The average Bonchev–Trinajstić information content (AvgIpc) is 2.86. The molecule has 1 aromatic heterocycles. The van der Waals surface area contributed by atoms with Gasteiger partial charge >= 0.3 is 0 Å². The molecule has 1 atom stereocenters. The van der Waals surface area contributed by atoms with Crippen LogP contribution in [-0.2, 0) is 13.1 Å². The van der Waals surface area contributed by atoms with E-state index in [1.165, 1.54) is 5.56 Å². The molecule has 0 aliphatic rings. The van der Waals surface area contributed by atoms with Crippen molar-refractivity contribution in [2.75, 3.05) is 7.05 Å². The number of thiazole rings is 1. The minimum atomic E-state index is 0.320. The van der Waals surface area contributed by atoms with E-state index >= 15 is 0 Å². The minimum Gasteiger partial charge on any atom is -0.325 e. The highest BCUT2D eigenvalue weighted by molar-refractivity contribution is 7.09. The fourth-order valence-corrected chi connectivity index (χ4v) is 2.70. The summed E-state index contributed by atoms with van der Waals surface area (Å²) in [5, 5.41) is 3.83. The lowest BCUT2D eigenvalue weighted by molar-refractivity contribution is 0.250. The Morgan fingerprint density at radius 1 is 1.37 bits per heavy atom. The first kappa shape index (κ1) is 14.5. The van der Waals surface area contributed by atoms with Crippen molar-refractivity contribution in [3.05, 3.63) is 50.9 Å². The van der Waals surface area contributed by atoms with Gasteiger partial charge in [0.15, 0.2) is 0 Å². The van der Waals surface area contributed by atoms with Crippen LogP contribution in [0.5, 0.6) is 0 Å². The van der Waals surface area contributed by atoms with Gasteiger partial charge in [0.1, 0.15) is 5.01 Å². The third kappa shape index (κ3) is 3.76. The van der Waals surface area contributed by atoms with Crippen LogP contribution in [0.3, 0.4) is 0 Å². The Morgan fingerprint density at radius 2 is 2.05 bits per heavy atom. The predicted octanol–water partition coefficient (Wildman–Crippen LogP) is 3.45. The van der Waals surface area contributed by atoms with E-state index in [9.17, 15) is 0 Å². The maximum atomic E-state index is 5.91. The molecule has 5 heteroatoms. The van der Waals surface area contributed by atoms with Gasteiger partial charge < -0.3 is 5.73 Å². The molecular weight excluding hydrogens is 278 g/mol. The molecular formula is C14H18ClN3S. The Hall–Kier alpha value is -0.940. The van der Waals surface area contributed by atoms with Crippen LogP contribution in [0.4, 0.5) is 0 Å². The lowest BCUT2D eigenvalue weighted by atomic mass is 10.1. The second-order valence-corrected chi connectivity index (χ2v) is 5.96. The van der Waals surface area contributed by atoms with Crippen molar-refractivity contribution in [2.45, 2.75) is 26.1 Å². The summed E-state index contributed by atoms with van der Waals surface area (Å²) in [6.45, 7) is 3.51. The third-order valence-electron chi connectivity index (χ3n) is 3.20. The Morgan fingerprint density at radius 3 is 2.63 bits per heavy atom. The predicted molar refractivity (Wildman–Crippen MR) is 81.3 cm³/mol. The van der Waals surface area contributed by atoms with Gasteiger partial charge in [-0.15, -0.1) is 11.3 Å². The van der Waals surface area contributed by atoms with Gasteiger partial charge in [-0.25, -0.2) is 4.98 Å². The van der Waals surface area contributed by atoms with Gasteiger partial charge in [0.25, 0.3) is 0 Å². The molecule has 1 aromatic carbocycles. The molecule has 2 aromatic rings. The number of hydrogen-bond acceptors (Lipinski definition) is 4. The number of benzene rings is 1. The standard InChI is InChI=1S/C14H18ClN3S/c1-10(11-3-5-12(15)6-4-11)18(2)8-13-9-19-14(7-16)17-13/h3-6,9-10H,7-8,16H2,1-2H3. The van der Waals surface area contributed by atoms with E-state index in [0.29, 0.717) is 12.6 Å². The van der Waals surface area contributed by atoms with Crippen molar-refractivity contribution < 1.29 is 0 Å². The van der Waals surface area contributed by atoms with Gasteiger partial charge in [-0.05, 0) is 31.7 Å². The van der Waals surface area contributed by atoms with Gasteiger partial charge in [0.2, 0.25) is 0 Å². The van der Waals surface area contributed by atoms with Crippen molar-refractivity contribution in [2.24, 2.45) is 5.73 Å². The van der Waals surface area contributed by atoms with Crippen molar-refractivity contribution in [3.63, 3.8) is 0 Å². The van der Waals surface area contributed by atoms with E-state index in [0.717, 1.165) is 22.3 Å². The van der Waals surface area contributed by atoms with Crippen LogP contribution >= 0.6 is 22.9 Å². The smallest absolute Gasteiger partial charge is 0.106 e. The maximum absolute atomic E-state index is 5.91. The molecule has 0 radical (unpaired) electrons. The molecule has 0 saturated carbocycles. The summed E-state index contributed by atoms with van der Waals surface area (Å²) in [6.07, 6.45) is 0. The molecule has 1 unspecified atom stereocenters. The average molecular weight is 296 g/mol. The van der Waals surface area contributed by atoms with Crippen LogP contribution in [0, 0.1) is 0 Å². The monoisotopic (exact) mass is 295 g/mol. The molecule has 0 bridgehead atoms. The Labute approximate surface area is 123 Å². The van der Waals surface area contributed by atoms with Gasteiger partial charge in [0.05, 0.1) is 5.69 Å². The molecule has 0 spiro atoms. The van der Waals surface area contributed by atoms with E-state index in [4.69, 9.17) is 17.3 Å². The molecule has 2 N–H and O–H groups in total. The summed E-state index contributed by atoms with van der Waals surface area (Å²) in [6, 6.07) is 8.30. The highest BCUT2D eigenvalue weighted by Crippen LogP contribution is 2.22. The number of nitrogens with zero attached hydrogens (tertiary/aromatic N) is 2. The van der Waals surface area contributed by atoms with Crippen LogP contribution in [0.25, 0.3) is 0 Å². The van der Waals surface area contributed by atoms with E-state index < -0.39 is 0 Å². The van der Waals surface area contributed by atoms with Crippen LogP contribution < -0.4 is 5.73 Å². The van der Waals surface area contributed by atoms with E-state index in [1.807, 2.05) is 12.1 Å². The molecule has 2 rings (SSSR count). The van der Waals surface area contributed by atoms with Crippen molar-refractivity contribution in [1.82, 2.24) is 9.88 Å². The van der Waals surface area contributed by atoms with Gasteiger partial charge in [0, 0.05) is 29.5 Å². The van der Waals surface area contributed by atoms with Crippen molar-refractivity contribution >= 4 is 22.9 Å². The number of halogens is 1. The van der Waals surface area contributed by atoms with Crippen LogP contribution in [0.2, 0.25) is 5.02 Å². The van der Waals surface area contributed by atoms with Gasteiger partial charge in [-0.3, -0.25) is 4.90 Å². The fourth-order valence-electron chi connectivity index (χ4n) is 1.90. The highest BCUT2D eigenvalue weighted by Gasteiger charge is 2.13. The molecule has 3 nitrogen and oxygen atoms in total. The minimum absolute atomic E-state index is 0.320. The molecule has 0 aliphatic carbocycles. The van der Waals surface area contributed by atoms with Crippen LogP contribution in [0.1, 0.15) is 29.2 Å². The zero-order chi connectivity index (χ0) is 13.8. The second kappa shape index (κ2) is 6.48. The third-order valence-corrected chi connectivity index (χ3v) is 4.37. The molecule has 0 amide bonds. The summed E-state index contributed by atoms with van der Waals surface area (Å²) in [4.78, 5) is 6.75. The van der Waals surface area contributed by atoms with Crippen molar-refractivity contribution in [3.8, 4) is 0 Å². The number of hydrogen-bond donors (Lipinski definition) is 1. The Bertz CT molecular complexity index is 524. The molecule has 102 valence electrons. The SMILES string of the molecule is CC(c1ccc(Cl)cc1)N(C)Cc1csc(CN)n1. The summed E-state index contributed by atoms with van der Waals surface area (Å²) in [5.74, 6) is 0. The Kier molecular flexibility index (Phi) is 4.93. The second-order valence-electron chi connectivity index (χ2n) is 4.58. The first-order valence-electron chi connectivity index (χ1n) is 6.19. The fraction of sp³-hybridized carbons (Fsp3) is 0.357. The van der Waals surface area contributed by atoms with Crippen molar-refractivity contribution in [1.29, 1.82) is 0 Å².